The van der Waals surface area contributed by atoms with Crippen molar-refractivity contribution in [2.45, 2.75) is 27.3 Å². The maximum absolute atomic E-state index is 11.9. The van der Waals surface area contributed by atoms with E-state index in [1.54, 1.807) is 11.8 Å². The van der Waals surface area contributed by atoms with Gasteiger partial charge in [-0.05, 0) is 20.8 Å². The van der Waals surface area contributed by atoms with E-state index in [1.807, 2.05) is 13.8 Å². The highest BCUT2D eigenvalue weighted by molar-refractivity contribution is 5.92. The van der Waals surface area contributed by atoms with Crippen LogP contribution in [0, 0.1) is 0 Å². The van der Waals surface area contributed by atoms with Gasteiger partial charge in [0, 0.05) is 13.1 Å². The molecule has 1 heterocycles. The Kier molecular flexibility index (Phi) is 5.28. The number of esters is 1. The second kappa shape index (κ2) is 6.72. The van der Waals surface area contributed by atoms with Gasteiger partial charge in [-0.15, -0.1) is 5.10 Å². The van der Waals surface area contributed by atoms with Crippen molar-refractivity contribution in [1.82, 2.24) is 19.9 Å². The number of likely N-dealkylation sites (N-methyl/N-ethyl adjacent to an activating group) is 1. The Morgan fingerprint density at radius 1 is 1.32 bits per heavy atom. The third kappa shape index (κ3) is 3.43. The number of carbonyl (C=O) groups is 2. The molecule has 8 nitrogen and oxygen atoms in total. The van der Waals surface area contributed by atoms with Crippen LogP contribution >= 0.6 is 0 Å². The van der Waals surface area contributed by atoms with Crippen LogP contribution in [-0.2, 0) is 16.1 Å². The Morgan fingerprint density at radius 2 is 1.95 bits per heavy atom. The number of aromatic nitrogens is 3. The van der Waals surface area contributed by atoms with Crippen LogP contribution in [0.15, 0.2) is 0 Å². The maximum atomic E-state index is 11.9. The van der Waals surface area contributed by atoms with E-state index < -0.39 is 5.97 Å². The summed E-state index contributed by atoms with van der Waals surface area (Å²) in [5, 5.41) is 7.34. The van der Waals surface area contributed by atoms with Crippen LogP contribution in [0.2, 0.25) is 0 Å². The summed E-state index contributed by atoms with van der Waals surface area (Å²) in [5.41, 5.74) is 5.67. The van der Waals surface area contributed by atoms with Crippen molar-refractivity contribution in [1.29, 1.82) is 0 Å². The third-order valence-electron chi connectivity index (χ3n) is 2.64. The number of nitrogens with two attached hydrogens (primary N) is 1. The fraction of sp³-hybridized carbons (Fsp3) is 0.636. The molecule has 0 saturated carbocycles. The summed E-state index contributed by atoms with van der Waals surface area (Å²) in [4.78, 5) is 25.0. The Balaban J connectivity index is 2.81. The van der Waals surface area contributed by atoms with Crippen molar-refractivity contribution in [3.05, 3.63) is 5.69 Å². The smallest absolute Gasteiger partial charge is 0.362 e. The lowest BCUT2D eigenvalue weighted by molar-refractivity contribution is -0.131. The van der Waals surface area contributed by atoms with Gasteiger partial charge in [0.2, 0.25) is 11.6 Å². The Labute approximate surface area is 111 Å². The van der Waals surface area contributed by atoms with Crippen LogP contribution in [0.5, 0.6) is 0 Å². The first kappa shape index (κ1) is 14.9. The molecule has 0 bridgehead atoms. The molecule has 2 N–H and O–H groups in total. The first-order valence-corrected chi connectivity index (χ1v) is 6.18. The molecule has 1 aromatic heterocycles. The number of nitrogen functional groups attached to an aromatic ring is 1. The number of rotatable bonds is 6. The number of amides is 1. The first-order chi connectivity index (χ1) is 9.04. The van der Waals surface area contributed by atoms with Gasteiger partial charge in [-0.1, -0.05) is 5.21 Å². The largest absolute Gasteiger partial charge is 0.461 e. The van der Waals surface area contributed by atoms with Crippen molar-refractivity contribution in [3.8, 4) is 0 Å². The van der Waals surface area contributed by atoms with E-state index >= 15 is 0 Å². The second-order valence-corrected chi connectivity index (χ2v) is 3.77. The zero-order valence-corrected chi connectivity index (χ0v) is 11.4. The molecular weight excluding hydrogens is 250 g/mol. The molecule has 0 atom stereocenters. The predicted molar refractivity (Wildman–Crippen MR) is 68.3 cm³/mol. The van der Waals surface area contributed by atoms with Gasteiger partial charge in [0.25, 0.3) is 0 Å². The van der Waals surface area contributed by atoms with Crippen molar-refractivity contribution >= 4 is 17.7 Å². The van der Waals surface area contributed by atoms with Gasteiger partial charge in [0.05, 0.1) is 6.61 Å². The summed E-state index contributed by atoms with van der Waals surface area (Å²) in [6, 6.07) is 0. The summed E-state index contributed by atoms with van der Waals surface area (Å²) in [6.45, 7) is 6.85. The molecule has 0 aromatic carbocycles. The van der Waals surface area contributed by atoms with Crippen LogP contribution in [0.4, 0.5) is 5.82 Å². The molecule has 0 aliphatic carbocycles. The average molecular weight is 269 g/mol. The van der Waals surface area contributed by atoms with Gasteiger partial charge < -0.3 is 15.4 Å². The van der Waals surface area contributed by atoms with Gasteiger partial charge in [-0.3, -0.25) is 4.79 Å². The van der Waals surface area contributed by atoms with E-state index in [0.29, 0.717) is 13.1 Å². The van der Waals surface area contributed by atoms with E-state index in [1.165, 1.54) is 4.68 Å². The van der Waals surface area contributed by atoms with Crippen LogP contribution < -0.4 is 5.73 Å². The lowest BCUT2D eigenvalue weighted by atomic mass is 10.4. The number of nitrogens with zero attached hydrogens (tertiary/aromatic N) is 4. The molecule has 19 heavy (non-hydrogen) atoms. The molecule has 1 amide bonds. The van der Waals surface area contributed by atoms with Gasteiger partial charge in [0.1, 0.15) is 6.54 Å². The number of ether oxygens (including phenoxy) is 1. The van der Waals surface area contributed by atoms with Crippen LogP contribution in [0.1, 0.15) is 31.3 Å². The number of anilines is 1. The number of hydrogen-bond donors (Lipinski definition) is 1. The SMILES string of the molecule is CCOC(=O)c1nnn(CC(=O)N(CC)CC)c1N. The summed E-state index contributed by atoms with van der Waals surface area (Å²) in [6.07, 6.45) is 0. The topological polar surface area (TPSA) is 103 Å². The molecule has 0 aliphatic rings. The van der Waals surface area contributed by atoms with Crippen molar-refractivity contribution in [3.63, 3.8) is 0 Å². The highest BCUT2D eigenvalue weighted by Gasteiger charge is 2.20. The molecular formula is C11H19N5O3. The van der Waals surface area contributed by atoms with Crippen LogP contribution in [0.25, 0.3) is 0 Å². The fourth-order valence-corrected chi connectivity index (χ4v) is 1.59. The standard InChI is InChI=1S/C11H19N5O3/c1-4-15(5-2)8(17)7-16-10(12)9(13-14-16)11(18)19-6-3/h4-7,12H2,1-3H3. The Bertz CT molecular complexity index is 453. The van der Waals surface area contributed by atoms with E-state index in [-0.39, 0.29) is 30.6 Å². The van der Waals surface area contributed by atoms with Crippen LogP contribution in [-0.4, -0.2) is 51.5 Å². The normalized spacial score (nSPS) is 10.3. The monoisotopic (exact) mass is 269 g/mol. The third-order valence-corrected chi connectivity index (χ3v) is 2.64. The quantitative estimate of drug-likeness (QED) is 0.724. The first-order valence-electron chi connectivity index (χ1n) is 6.18. The number of carbonyl (C=O) groups excluding carboxylic acids is 2. The van der Waals surface area contributed by atoms with E-state index in [0.717, 1.165) is 0 Å². The molecule has 0 radical (unpaired) electrons. The molecule has 0 saturated heterocycles. The molecule has 1 aromatic rings. The summed E-state index contributed by atoms with van der Waals surface area (Å²) >= 11 is 0. The second-order valence-electron chi connectivity index (χ2n) is 3.77. The zero-order valence-electron chi connectivity index (χ0n) is 11.4. The van der Waals surface area contributed by atoms with Crippen molar-refractivity contribution in [2.24, 2.45) is 0 Å². The molecule has 0 unspecified atom stereocenters. The minimum atomic E-state index is -0.637. The van der Waals surface area contributed by atoms with Gasteiger partial charge in [0.15, 0.2) is 5.82 Å². The predicted octanol–water partition coefficient (Wildman–Crippen LogP) is -0.0946. The summed E-state index contributed by atoms with van der Waals surface area (Å²) in [5.74, 6) is -0.725. The lowest BCUT2D eigenvalue weighted by Gasteiger charge is -2.18. The molecule has 8 heteroatoms. The van der Waals surface area contributed by atoms with Gasteiger partial charge >= 0.3 is 5.97 Å². The molecule has 1 rings (SSSR count). The van der Waals surface area contributed by atoms with E-state index in [4.69, 9.17) is 10.5 Å². The molecule has 106 valence electrons. The van der Waals surface area contributed by atoms with Gasteiger partial charge in [-0.25, -0.2) is 9.48 Å². The van der Waals surface area contributed by atoms with Crippen LogP contribution in [0.3, 0.4) is 0 Å². The fourth-order valence-electron chi connectivity index (χ4n) is 1.59. The van der Waals surface area contributed by atoms with Crippen molar-refractivity contribution < 1.29 is 14.3 Å². The maximum Gasteiger partial charge on any atom is 0.362 e. The van der Waals surface area contributed by atoms with Crippen molar-refractivity contribution in [2.75, 3.05) is 25.4 Å². The van der Waals surface area contributed by atoms with E-state index in [2.05, 4.69) is 10.3 Å². The minimum absolute atomic E-state index is 0.0407. The Morgan fingerprint density at radius 3 is 2.47 bits per heavy atom. The minimum Gasteiger partial charge on any atom is -0.461 e. The highest BCUT2D eigenvalue weighted by atomic mass is 16.5. The average Bonchev–Trinajstić information content (AvgIpc) is 2.73. The molecule has 0 fully saturated rings. The van der Waals surface area contributed by atoms with E-state index in [9.17, 15) is 9.59 Å². The van der Waals surface area contributed by atoms with Gasteiger partial charge in [-0.2, -0.15) is 0 Å². The molecule has 0 spiro atoms. The zero-order chi connectivity index (χ0) is 14.4. The highest BCUT2D eigenvalue weighted by Crippen LogP contribution is 2.09. The Hall–Kier alpha value is -2.12. The lowest BCUT2D eigenvalue weighted by Crippen LogP contribution is -2.34. The summed E-state index contributed by atoms with van der Waals surface area (Å²) in [7, 11) is 0. The summed E-state index contributed by atoms with van der Waals surface area (Å²) < 4.78 is 5.99. The molecule has 0 aliphatic heterocycles. The number of hydrogen-bond acceptors (Lipinski definition) is 6.